The van der Waals surface area contributed by atoms with E-state index < -0.39 is 5.54 Å². The molecule has 0 saturated carbocycles. The second-order valence-corrected chi connectivity index (χ2v) is 5.99. The molecule has 1 aromatic carbocycles. The molecule has 1 heterocycles. The van der Waals surface area contributed by atoms with E-state index in [4.69, 9.17) is 0 Å². The van der Waals surface area contributed by atoms with Crippen molar-refractivity contribution in [2.24, 2.45) is 5.92 Å². The Balaban J connectivity index is 2.03. The molecule has 0 unspecified atom stereocenters. The highest BCUT2D eigenvalue weighted by atomic mass is 19.1. The van der Waals surface area contributed by atoms with Gasteiger partial charge in [-0.2, -0.15) is 5.26 Å². The highest BCUT2D eigenvalue weighted by Gasteiger charge is 2.35. The summed E-state index contributed by atoms with van der Waals surface area (Å²) < 4.78 is 13.7. The molecule has 1 aliphatic heterocycles. The number of piperidine rings is 1. The van der Waals surface area contributed by atoms with Crippen LogP contribution < -0.4 is 5.32 Å². The molecule has 20 heavy (non-hydrogen) atoms. The lowest BCUT2D eigenvalue weighted by molar-refractivity contribution is 0.179. The van der Waals surface area contributed by atoms with E-state index in [0.29, 0.717) is 11.6 Å². The highest BCUT2D eigenvalue weighted by Crippen LogP contribution is 2.28. The van der Waals surface area contributed by atoms with Crippen molar-refractivity contribution < 1.29 is 4.39 Å². The number of para-hydroxylation sites is 1. The third-order valence-corrected chi connectivity index (χ3v) is 3.79. The monoisotopic (exact) mass is 275 g/mol. The Morgan fingerprint density at radius 1 is 1.35 bits per heavy atom. The van der Waals surface area contributed by atoms with E-state index >= 15 is 0 Å². The third-order valence-electron chi connectivity index (χ3n) is 3.79. The molecule has 0 atom stereocenters. The first-order valence-corrected chi connectivity index (χ1v) is 7.21. The Morgan fingerprint density at radius 2 is 2.00 bits per heavy atom. The van der Waals surface area contributed by atoms with Crippen LogP contribution in [0.3, 0.4) is 0 Å². The van der Waals surface area contributed by atoms with E-state index in [-0.39, 0.29) is 5.82 Å². The van der Waals surface area contributed by atoms with Crippen molar-refractivity contribution in [3.05, 3.63) is 30.1 Å². The number of nitrogens with zero attached hydrogens (tertiary/aromatic N) is 2. The van der Waals surface area contributed by atoms with Gasteiger partial charge in [-0.3, -0.25) is 0 Å². The third kappa shape index (κ3) is 3.49. The Morgan fingerprint density at radius 3 is 2.55 bits per heavy atom. The molecular weight excluding hydrogens is 253 g/mol. The van der Waals surface area contributed by atoms with Crippen LogP contribution in [0.5, 0.6) is 0 Å². The molecule has 1 aliphatic rings. The summed E-state index contributed by atoms with van der Waals surface area (Å²) in [7, 11) is 0. The molecule has 1 fully saturated rings. The van der Waals surface area contributed by atoms with Crippen molar-refractivity contribution in [1.82, 2.24) is 4.90 Å². The second kappa shape index (κ2) is 6.23. The van der Waals surface area contributed by atoms with Crippen LogP contribution in [0.2, 0.25) is 0 Å². The van der Waals surface area contributed by atoms with Gasteiger partial charge in [-0.15, -0.1) is 0 Å². The molecule has 1 saturated heterocycles. The summed E-state index contributed by atoms with van der Waals surface area (Å²) in [5.74, 6) is 0.329. The van der Waals surface area contributed by atoms with Crippen LogP contribution in [0, 0.1) is 23.1 Å². The topological polar surface area (TPSA) is 39.1 Å². The number of halogens is 1. The molecule has 1 aromatic rings. The molecule has 0 radical (unpaired) electrons. The summed E-state index contributed by atoms with van der Waals surface area (Å²) in [5, 5.41) is 12.6. The fourth-order valence-corrected chi connectivity index (χ4v) is 2.72. The van der Waals surface area contributed by atoms with Crippen LogP contribution in [-0.4, -0.2) is 30.1 Å². The molecular formula is C16H22FN3. The number of hydrogen-bond donors (Lipinski definition) is 1. The molecule has 4 heteroatoms. The molecule has 0 amide bonds. The highest BCUT2D eigenvalue weighted by molar-refractivity contribution is 5.49. The fraction of sp³-hybridized carbons (Fsp3) is 0.562. The van der Waals surface area contributed by atoms with E-state index in [1.54, 1.807) is 18.2 Å². The van der Waals surface area contributed by atoms with Crippen molar-refractivity contribution in [3.8, 4) is 6.07 Å². The first-order valence-electron chi connectivity index (χ1n) is 7.21. The molecule has 0 aliphatic carbocycles. The van der Waals surface area contributed by atoms with Crippen LogP contribution in [-0.2, 0) is 0 Å². The minimum Gasteiger partial charge on any atom is -0.365 e. The number of anilines is 1. The first kappa shape index (κ1) is 14.8. The average Bonchev–Trinajstić information content (AvgIpc) is 2.43. The minimum absolute atomic E-state index is 0.299. The second-order valence-electron chi connectivity index (χ2n) is 5.99. The fourth-order valence-electron chi connectivity index (χ4n) is 2.72. The lowest BCUT2D eigenvalue weighted by Gasteiger charge is -2.39. The minimum atomic E-state index is -0.643. The lowest BCUT2D eigenvalue weighted by Crippen LogP contribution is -2.49. The van der Waals surface area contributed by atoms with Crippen LogP contribution in [0.1, 0.15) is 26.7 Å². The number of likely N-dealkylation sites (tertiary alicyclic amines) is 1. The van der Waals surface area contributed by atoms with E-state index in [1.165, 1.54) is 6.07 Å². The normalized spacial score (nSPS) is 18.8. The van der Waals surface area contributed by atoms with Crippen molar-refractivity contribution in [2.75, 3.05) is 25.0 Å². The van der Waals surface area contributed by atoms with E-state index in [9.17, 15) is 9.65 Å². The summed E-state index contributed by atoms with van der Waals surface area (Å²) in [5.41, 5.74) is -0.221. The van der Waals surface area contributed by atoms with Gasteiger partial charge < -0.3 is 10.2 Å². The molecule has 3 nitrogen and oxygen atoms in total. The Hall–Kier alpha value is -1.60. The van der Waals surface area contributed by atoms with Gasteiger partial charge in [0.25, 0.3) is 0 Å². The number of nitriles is 1. The molecule has 2 rings (SSSR count). The summed E-state index contributed by atoms with van der Waals surface area (Å²) in [6.45, 7) is 7.22. The van der Waals surface area contributed by atoms with Gasteiger partial charge in [-0.1, -0.05) is 26.0 Å². The Kier molecular flexibility index (Phi) is 4.61. The zero-order valence-corrected chi connectivity index (χ0v) is 12.2. The number of hydrogen-bond acceptors (Lipinski definition) is 3. The zero-order valence-electron chi connectivity index (χ0n) is 12.2. The van der Waals surface area contributed by atoms with E-state index in [2.05, 4.69) is 30.1 Å². The average molecular weight is 275 g/mol. The van der Waals surface area contributed by atoms with Crippen molar-refractivity contribution in [2.45, 2.75) is 32.2 Å². The lowest BCUT2D eigenvalue weighted by atomic mass is 9.88. The maximum Gasteiger partial charge on any atom is 0.146 e. The van der Waals surface area contributed by atoms with Crippen LogP contribution in [0.15, 0.2) is 24.3 Å². The predicted octanol–water partition coefficient (Wildman–Crippen LogP) is 3.25. The Bertz CT molecular complexity index is 485. The number of benzene rings is 1. The molecule has 0 bridgehead atoms. The summed E-state index contributed by atoms with van der Waals surface area (Å²) in [6, 6.07) is 8.91. The van der Waals surface area contributed by atoms with Crippen LogP contribution >= 0.6 is 0 Å². The summed E-state index contributed by atoms with van der Waals surface area (Å²) >= 11 is 0. The SMILES string of the molecule is CC(C)CN1CCC(C#N)(Nc2ccccc2F)CC1. The van der Waals surface area contributed by atoms with Crippen LogP contribution in [0.25, 0.3) is 0 Å². The molecule has 0 aromatic heterocycles. The van der Waals surface area contributed by atoms with Crippen molar-refractivity contribution in [1.29, 1.82) is 5.26 Å². The quantitative estimate of drug-likeness (QED) is 0.916. The number of rotatable bonds is 4. The maximum absolute atomic E-state index is 13.7. The van der Waals surface area contributed by atoms with Gasteiger partial charge in [0.2, 0.25) is 0 Å². The molecule has 1 N–H and O–H groups in total. The van der Waals surface area contributed by atoms with Gasteiger partial charge in [-0.25, -0.2) is 4.39 Å². The van der Waals surface area contributed by atoms with Gasteiger partial charge in [0.15, 0.2) is 0 Å². The Labute approximate surface area is 120 Å². The van der Waals surface area contributed by atoms with Gasteiger partial charge >= 0.3 is 0 Å². The summed E-state index contributed by atoms with van der Waals surface area (Å²) in [4.78, 5) is 2.38. The molecule has 0 spiro atoms. The van der Waals surface area contributed by atoms with E-state index in [1.807, 2.05) is 0 Å². The zero-order chi connectivity index (χ0) is 14.6. The number of nitrogens with one attached hydrogen (secondary N) is 1. The predicted molar refractivity (Wildman–Crippen MR) is 78.9 cm³/mol. The van der Waals surface area contributed by atoms with E-state index in [0.717, 1.165) is 32.5 Å². The standard InChI is InChI=1S/C16H22FN3/c1-13(2)11-20-9-7-16(12-18,8-10-20)19-15-6-4-3-5-14(15)17/h3-6,13,19H,7-11H2,1-2H3. The smallest absolute Gasteiger partial charge is 0.146 e. The van der Waals surface area contributed by atoms with Crippen molar-refractivity contribution in [3.63, 3.8) is 0 Å². The summed E-state index contributed by atoms with van der Waals surface area (Å²) in [6.07, 6.45) is 1.45. The van der Waals surface area contributed by atoms with Gasteiger partial charge in [0, 0.05) is 19.6 Å². The molecule has 108 valence electrons. The first-order chi connectivity index (χ1) is 9.54. The van der Waals surface area contributed by atoms with Crippen LogP contribution in [0.4, 0.5) is 10.1 Å². The van der Waals surface area contributed by atoms with Crippen molar-refractivity contribution >= 4 is 5.69 Å². The van der Waals surface area contributed by atoms with Gasteiger partial charge in [0.05, 0.1) is 11.8 Å². The largest absolute Gasteiger partial charge is 0.365 e. The van der Waals surface area contributed by atoms with Gasteiger partial charge in [0.1, 0.15) is 11.4 Å². The maximum atomic E-state index is 13.7. The van der Waals surface area contributed by atoms with Gasteiger partial charge in [-0.05, 0) is 30.9 Å².